The van der Waals surface area contributed by atoms with Gasteiger partial charge in [0.05, 0.1) is 13.2 Å². The van der Waals surface area contributed by atoms with Crippen molar-refractivity contribution in [2.24, 2.45) is 5.73 Å². The zero-order valence-electron chi connectivity index (χ0n) is 10.5. The van der Waals surface area contributed by atoms with Crippen LogP contribution in [0.2, 0.25) is 10.0 Å². The SMILES string of the molecule is COCCOCCC(N)Cc1cc(Cl)ccc1Cl. The Kier molecular flexibility index (Phi) is 7.63. The van der Waals surface area contributed by atoms with Crippen LogP contribution in [-0.4, -0.2) is 33.0 Å². The predicted octanol–water partition coefficient (Wildman–Crippen LogP) is 2.92. The van der Waals surface area contributed by atoms with Crippen molar-refractivity contribution in [3.63, 3.8) is 0 Å². The molecule has 0 bridgehead atoms. The maximum atomic E-state index is 6.08. The van der Waals surface area contributed by atoms with E-state index in [0.29, 0.717) is 36.3 Å². The molecule has 0 fully saturated rings. The van der Waals surface area contributed by atoms with E-state index in [1.165, 1.54) is 0 Å². The van der Waals surface area contributed by atoms with Crippen molar-refractivity contribution in [1.29, 1.82) is 0 Å². The lowest BCUT2D eigenvalue weighted by atomic mass is 10.0. The Morgan fingerprint density at radius 2 is 2.00 bits per heavy atom. The van der Waals surface area contributed by atoms with E-state index in [0.717, 1.165) is 12.0 Å². The van der Waals surface area contributed by atoms with Gasteiger partial charge in [0, 0.05) is 29.8 Å². The third-order valence-electron chi connectivity index (χ3n) is 2.55. The summed E-state index contributed by atoms with van der Waals surface area (Å²) < 4.78 is 10.3. The molecule has 1 rings (SSSR count). The molecule has 0 saturated heterocycles. The van der Waals surface area contributed by atoms with Crippen LogP contribution in [0.4, 0.5) is 0 Å². The molecule has 0 saturated carbocycles. The van der Waals surface area contributed by atoms with Crippen molar-refractivity contribution in [3.8, 4) is 0 Å². The summed E-state index contributed by atoms with van der Waals surface area (Å²) in [5.41, 5.74) is 7.01. The molecule has 0 aliphatic carbocycles. The zero-order valence-corrected chi connectivity index (χ0v) is 12.0. The molecule has 3 nitrogen and oxygen atoms in total. The number of hydrogen-bond acceptors (Lipinski definition) is 3. The Bertz CT molecular complexity index is 361. The number of nitrogens with two attached hydrogens (primary N) is 1. The van der Waals surface area contributed by atoms with E-state index in [2.05, 4.69) is 0 Å². The van der Waals surface area contributed by atoms with Crippen molar-refractivity contribution in [3.05, 3.63) is 33.8 Å². The van der Waals surface area contributed by atoms with Crippen molar-refractivity contribution in [1.82, 2.24) is 0 Å². The number of rotatable bonds is 8. The molecule has 0 aliphatic heterocycles. The van der Waals surface area contributed by atoms with Gasteiger partial charge in [-0.1, -0.05) is 23.2 Å². The highest BCUT2D eigenvalue weighted by Gasteiger charge is 2.08. The maximum Gasteiger partial charge on any atom is 0.0700 e. The number of halogens is 2. The van der Waals surface area contributed by atoms with Crippen molar-refractivity contribution >= 4 is 23.2 Å². The molecule has 2 N–H and O–H groups in total. The second-order valence-corrected chi connectivity index (χ2v) is 4.94. The van der Waals surface area contributed by atoms with Gasteiger partial charge in [-0.15, -0.1) is 0 Å². The molecule has 5 heteroatoms. The summed E-state index contributed by atoms with van der Waals surface area (Å²) in [6, 6.07) is 5.44. The molecule has 1 unspecified atom stereocenters. The summed E-state index contributed by atoms with van der Waals surface area (Å²) in [5, 5.41) is 1.38. The van der Waals surface area contributed by atoms with E-state index in [-0.39, 0.29) is 6.04 Å². The maximum absolute atomic E-state index is 6.08. The van der Waals surface area contributed by atoms with Gasteiger partial charge in [0.15, 0.2) is 0 Å². The summed E-state index contributed by atoms with van der Waals surface area (Å²) in [6.45, 7) is 1.83. The third kappa shape index (κ3) is 6.03. The smallest absolute Gasteiger partial charge is 0.0700 e. The second kappa shape index (κ2) is 8.73. The fraction of sp³-hybridized carbons (Fsp3) is 0.538. The van der Waals surface area contributed by atoms with E-state index in [9.17, 15) is 0 Å². The highest BCUT2D eigenvalue weighted by Crippen LogP contribution is 2.22. The van der Waals surface area contributed by atoms with Crippen LogP contribution in [0.25, 0.3) is 0 Å². The van der Waals surface area contributed by atoms with Crippen LogP contribution in [-0.2, 0) is 15.9 Å². The van der Waals surface area contributed by atoms with E-state index < -0.39 is 0 Å². The van der Waals surface area contributed by atoms with Crippen molar-refractivity contribution in [2.45, 2.75) is 18.9 Å². The van der Waals surface area contributed by atoms with Crippen LogP contribution in [0.1, 0.15) is 12.0 Å². The number of hydrogen-bond donors (Lipinski definition) is 1. The topological polar surface area (TPSA) is 44.5 Å². The van der Waals surface area contributed by atoms with Crippen LogP contribution in [0.15, 0.2) is 18.2 Å². The van der Waals surface area contributed by atoms with Crippen molar-refractivity contribution in [2.75, 3.05) is 26.9 Å². The molecule has 1 aromatic carbocycles. The Morgan fingerprint density at radius 1 is 1.22 bits per heavy atom. The van der Waals surface area contributed by atoms with Gasteiger partial charge in [0.1, 0.15) is 0 Å². The molecule has 0 aliphatic rings. The van der Waals surface area contributed by atoms with E-state index in [1.54, 1.807) is 19.2 Å². The van der Waals surface area contributed by atoms with E-state index in [1.807, 2.05) is 6.07 Å². The molecule has 0 amide bonds. The van der Waals surface area contributed by atoms with Crippen molar-refractivity contribution < 1.29 is 9.47 Å². The first kappa shape index (κ1) is 15.7. The average molecular weight is 292 g/mol. The Labute approximate surface area is 118 Å². The van der Waals surface area contributed by atoms with Gasteiger partial charge in [0.25, 0.3) is 0 Å². The van der Waals surface area contributed by atoms with Crippen LogP contribution < -0.4 is 5.73 Å². The largest absolute Gasteiger partial charge is 0.382 e. The fourth-order valence-electron chi connectivity index (χ4n) is 1.56. The van der Waals surface area contributed by atoms with Gasteiger partial charge in [-0.25, -0.2) is 0 Å². The monoisotopic (exact) mass is 291 g/mol. The van der Waals surface area contributed by atoms with E-state index >= 15 is 0 Å². The molecule has 0 heterocycles. The van der Waals surface area contributed by atoms with E-state index in [4.69, 9.17) is 38.4 Å². The highest BCUT2D eigenvalue weighted by molar-refractivity contribution is 6.33. The normalized spacial score (nSPS) is 12.7. The first-order valence-corrected chi connectivity index (χ1v) is 6.65. The zero-order chi connectivity index (χ0) is 13.4. The van der Waals surface area contributed by atoms with Gasteiger partial charge in [-0.3, -0.25) is 0 Å². The molecule has 1 atom stereocenters. The molecule has 0 aromatic heterocycles. The minimum absolute atomic E-state index is 0.0171. The summed E-state index contributed by atoms with van der Waals surface area (Å²) in [4.78, 5) is 0. The van der Waals surface area contributed by atoms with Gasteiger partial charge >= 0.3 is 0 Å². The second-order valence-electron chi connectivity index (χ2n) is 4.09. The molecule has 0 radical (unpaired) electrons. The quantitative estimate of drug-likeness (QED) is 0.749. The average Bonchev–Trinajstić information content (AvgIpc) is 2.33. The summed E-state index contributed by atoms with van der Waals surface area (Å²) in [5.74, 6) is 0. The Morgan fingerprint density at radius 3 is 2.72 bits per heavy atom. The van der Waals surface area contributed by atoms with Crippen LogP contribution in [0.3, 0.4) is 0 Å². The Hall–Kier alpha value is -0.320. The number of ether oxygens (including phenoxy) is 2. The van der Waals surface area contributed by atoms with Gasteiger partial charge in [-0.2, -0.15) is 0 Å². The molecule has 1 aromatic rings. The first-order valence-electron chi connectivity index (χ1n) is 5.89. The number of methoxy groups -OCH3 is 1. The fourth-order valence-corrected chi connectivity index (χ4v) is 1.95. The lowest BCUT2D eigenvalue weighted by molar-refractivity contribution is 0.0672. The number of benzene rings is 1. The highest BCUT2D eigenvalue weighted by atomic mass is 35.5. The summed E-state index contributed by atoms with van der Waals surface area (Å²) >= 11 is 12.0. The molecular weight excluding hydrogens is 273 g/mol. The minimum atomic E-state index is 0.0171. The molecule has 102 valence electrons. The third-order valence-corrected chi connectivity index (χ3v) is 3.16. The van der Waals surface area contributed by atoms with Gasteiger partial charge in [-0.05, 0) is 36.6 Å². The van der Waals surface area contributed by atoms with Gasteiger partial charge in [0.2, 0.25) is 0 Å². The minimum Gasteiger partial charge on any atom is -0.382 e. The Balaban J connectivity index is 2.30. The lowest BCUT2D eigenvalue weighted by Gasteiger charge is -2.13. The first-order chi connectivity index (χ1) is 8.63. The lowest BCUT2D eigenvalue weighted by Crippen LogP contribution is -2.25. The summed E-state index contributed by atoms with van der Waals surface area (Å²) in [7, 11) is 1.65. The van der Waals surface area contributed by atoms with Gasteiger partial charge < -0.3 is 15.2 Å². The molecule has 18 heavy (non-hydrogen) atoms. The van der Waals surface area contributed by atoms with Crippen LogP contribution >= 0.6 is 23.2 Å². The summed E-state index contributed by atoms with van der Waals surface area (Å²) in [6.07, 6.45) is 1.49. The molecular formula is C13H19Cl2NO2. The standard InChI is InChI=1S/C13H19Cl2NO2/c1-17-6-7-18-5-4-12(16)9-10-8-11(14)2-3-13(10)15/h2-3,8,12H,4-7,9,16H2,1H3. The van der Waals surface area contributed by atoms with Crippen LogP contribution in [0.5, 0.6) is 0 Å². The molecule has 0 spiro atoms. The van der Waals surface area contributed by atoms with Crippen LogP contribution in [0, 0.1) is 0 Å². The predicted molar refractivity (Wildman–Crippen MR) is 75.5 cm³/mol.